The lowest BCUT2D eigenvalue weighted by Crippen LogP contribution is -2.41. The molecule has 2 heterocycles. The molecule has 1 fully saturated rings. The van der Waals surface area contributed by atoms with Gasteiger partial charge in [0.1, 0.15) is 17.3 Å². The monoisotopic (exact) mass is 424 g/mol. The molecule has 8 heteroatoms. The van der Waals surface area contributed by atoms with Crippen LogP contribution in [0, 0.1) is 5.82 Å². The SMILES string of the molecule is COc1ccc(-c2cc(C(=O)NCCN3CCOCC3)n(-c3ccc(F)cc3)n2)cc1. The van der Waals surface area contributed by atoms with Crippen molar-refractivity contribution in [1.29, 1.82) is 0 Å². The van der Waals surface area contributed by atoms with Gasteiger partial charge in [0.05, 0.1) is 31.7 Å². The van der Waals surface area contributed by atoms with Crippen LogP contribution < -0.4 is 10.1 Å². The van der Waals surface area contributed by atoms with Crippen LogP contribution in [0.1, 0.15) is 10.5 Å². The lowest BCUT2D eigenvalue weighted by atomic mass is 10.1. The van der Waals surface area contributed by atoms with Crippen molar-refractivity contribution in [3.63, 3.8) is 0 Å². The molecule has 162 valence electrons. The first-order chi connectivity index (χ1) is 15.1. The first kappa shape index (κ1) is 21.0. The van der Waals surface area contributed by atoms with Crippen molar-refractivity contribution in [3.8, 4) is 22.7 Å². The molecule has 1 amide bonds. The Morgan fingerprint density at radius 1 is 1.13 bits per heavy atom. The van der Waals surface area contributed by atoms with E-state index in [9.17, 15) is 9.18 Å². The summed E-state index contributed by atoms with van der Waals surface area (Å²) < 4.78 is 25.5. The van der Waals surface area contributed by atoms with Gasteiger partial charge in [0.25, 0.3) is 5.91 Å². The van der Waals surface area contributed by atoms with E-state index in [1.165, 1.54) is 12.1 Å². The van der Waals surface area contributed by atoms with Crippen LogP contribution in [-0.2, 0) is 4.74 Å². The molecule has 1 aromatic heterocycles. The summed E-state index contributed by atoms with van der Waals surface area (Å²) in [4.78, 5) is 15.2. The van der Waals surface area contributed by atoms with E-state index < -0.39 is 0 Å². The van der Waals surface area contributed by atoms with Gasteiger partial charge >= 0.3 is 0 Å². The van der Waals surface area contributed by atoms with E-state index in [1.807, 2.05) is 24.3 Å². The molecule has 2 aromatic carbocycles. The highest BCUT2D eigenvalue weighted by Crippen LogP contribution is 2.24. The fourth-order valence-electron chi connectivity index (χ4n) is 3.47. The van der Waals surface area contributed by atoms with Crippen molar-refractivity contribution >= 4 is 5.91 Å². The Balaban J connectivity index is 1.56. The number of halogens is 1. The Labute approximate surface area is 180 Å². The molecule has 31 heavy (non-hydrogen) atoms. The van der Waals surface area contributed by atoms with Crippen molar-refractivity contribution in [3.05, 3.63) is 66.1 Å². The van der Waals surface area contributed by atoms with Gasteiger partial charge in [-0.25, -0.2) is 9.07 Å². The molecule has 0 spiro atoms. The highest BCUT2D eigenvalue weighted by molar-refractivity contribution is 5.94. The van der Waals surface area contributed by atoms with Gasteiger partial charge in [0.15, 0.2) is 0 Å². The van der Waals surface area contributed by atoms with Crippen molar-refractivity contribution in [2.75, 3.05) is 46.5 Å². The second-order valence-electron chi connectivity index (χ2n) is 7.24. The number of methoxy groups -OCH3 is 1. The van der Waals surface area contributed by atoms with E-state index in [1.54, 1.807) is 30.0 Å². The molecule has 0 unspecified atom stereocenters. The molecular formula is C23H25FN4O3. The van der Waals surface area contributed by atoms with E-state index >= 15 is 0 Å². The number of nitrogens with zero attached hydrogens (tertiary/aromatic N) is 3. The molecule has 1 aliphatic heterocycles. The van der Waals surface area contributed by atoms with Gasteiger partial charge in [0, 0.05) is 31.7 Å². The fourth-order valence-corrected chi connectivity index (χ4v) is 3.47. The Kier molecular flexibility index (Phi) is 6.59. The summed E-state index contributed by atoms with van der Waals surface area (Å²) in [5.41, 5.74) is 2.49. The molecule has 7 nitrogen and oxygen atoms in total. The number of amides is 1. The average Bonchev–Trinajstić information content (AvgIpc) is 3.26. The highest BCUT2D eigenvalue weighted by atomic mass is 19.1. The highest BCUT2D eigenvalue weighted by Gasteiger charge is 2.18. The number of aromatic nitrogens is 2. The molecule has 4 rings (SSSR count). The van der Waals surface area contributed by atoms with Crippen LogP contribution in [0.5, 0.6) is 5.75 Å². The molecule has 0 saturated carbocycles. The van der Waals surface area contributed by atoms with Crippen LogP contribution in [0.4, 0.5) is 4.39 Å². The zero-order valence-electron chi connectivity index (χ0n) is 17.4. The third kappa shape index (κ3) is 5.10. The van der Waals surface area contributed by atoms with Gasteiger partial charge in [0.2, 0.25) is 0 Å². The standard InChI is InChI=1S/C23H25FN4O3/c1-30-20-8-2-17(3-9-20)21-16-22(28(26-21)19-6-4-18(24)5-7-19)23(29)25-10-11-27-12-14-31-15-13-27/h2-9,16H,10-15H2,1H3,(H,25,29). The zero-order valence-corrected chi connectivity index (χ0v) is 17.4. The summed E-state index contributed by atoms with van der Waals surface area (Å²) >= 11 is 0. The van der Waals surface area contributed by atoms with Gasteiger partial charge in [-0.1, -0.05) is 0 Å². The lowest BCUT2D eigenvalue weighted by Gasteiger charge is -2.26. The summed E-state index contributed by atoms with van der Waals surface area (Å²) in [6.07, 6.45) is 0. The average molecular weight is 424 g/mol. The molecular weight excluding hydrogens is 399 g/mol. The van der Waals surface area contributed by atoms with Crippen LogP contribution in [0.2, 0.25) is 0 Å². The first-order valence-electron chi connectivity index (χ1n) is 10.2. The summed E-state index contributed by atoms with van der Waals surface area (Å²) in [7, 11) is 1.61. The second-order valence-corrected chi connectivity index (χ2v) is 7.24. The predicted molar refractivity (Wildman–Crippen MR) is 115 cm³/mol. The normalized spacial score (nSPS) is 14.4. The number of morpholine rings is 1. The van der Waals surface area contributed by atoms with Crippen molar-refractivity contribution in [2.45, 2.75) is 0 Å². The maximum Gasteiger partial charge on any atom is 0.270 e. The number of ether oxygens (including phenoxy) is 2. The van der Waals surface area contributed by atoms with Gasteiger partial charge in [-0.3, -0.25) is 9.69 Å². The molecule has 0 aliphatic carbocycles. The molecule has 0 bridgehead atoms. The minimum absolute atomic E-state index is 0.232. The molecule has 0 atom stereocenters. The number of carbonyl (C=O) groups excluding carboxylic acids is 1. The maximum absolute atomic E-state index is 13.4. The van der Waals surface area contributed by atoms with Crippen molar-refractivity contribution in [2.24, 2.45) is 0 Å². The van der Waals surface area contributed by atoms with Gasteiger partial charge < -0.3 is 14.8 Å². The Bertz CT molecular complexity index is 1010. The van der Waals surface area contributed by atoms with Crippen LogP contribution in [0.15, 0.2) is 54.6 Å². The summed E-state index contributed by atoms with van der Waals surface area (Å²) in [5, 5.41) is 7.59. The smallest absolute Gasteiger partial charge is 0.270 e. The molecule has 1 saturated heterocycles. The molecule has 0 radical (unpaired) electrons. The van der Waals surface area contributed by atoms with Crippen LogP contribution in [0.3, 0.4) is 0 Å². The summed E-state index contributed by atoms with van der Waals surface area (Å²) in [6.45, 7) is 4.44. The fraction of sp³-hybridized carbons (Fsp3) is 0.304. The molecule has 1 N–H and O–H groups in total. The maximum atomic E-state index is 13.4. The molecule has 1 aliphatic rings. The number of carbonyl (C=O) groups is 1. The predicted octanol–water partition coefficient (Wildman–Crippen LogP) is 2.75. The quantitative estimate of drug-likeness (QED) is 0.632. The number of nitrogens with one attached hydrogen (secondary N) is 1. The third-order valence-electron chi connectivity index (χ3n) is 5.22. The zero-order chi connectivity index (χ0) is 21.6. The van der Waals surface area contributed by atoms with E-state index in [-0.39, 0.29) is 11.7 Å². The Morgan fingerprint density at radius 2 is 1.84 bits per heavy atom. The number of rotatable bonds is 7. The topological polar surface area (TPSA) is 68.6 Å². The number of hydrogen-bond donors (Lipinski definition) is 1. The van der Waals surface area contributed by atoms with Gasteiger partial charge in [-0.2, -0.15) is 5.10 Å². The Hall–Kier alpha value is -3.23. The number of hydrogen-bond acceptors (Lipinski definition) is 5. The molecule has 3 aromatic rings. The van der Waals surface area contributed by atoms with E-state index in [0.29, 0.717) is 23.6 Å². The van der Waals surface area contributed by atoms with Gasteiger partial charge in [-0.05, 0) is 54.6 Å². The minimum atomic E-state index is -0.345. The first-order valence-corrected chi connectivity index (χ1v) is 10.2. The van der Waals surface area contributed by atoms with Crippen LogP contribution >= 0.6 is 0 Å². The largest absolute Gasteiger partial charge is 0.497 e. The van der Waals surface area contributed by atoms with Crippen LogP contribution in [-0.4, -0.2) is 67.1 Å². The third-order valence-corrected chi connectivity index (χ3v) is 5.22. The second kappa shape index (κ2) is 9.72. The van der Waals surface area contributed by atoms with Crippen LogP contribution in [0.25, 0.3) is 16.9 Å². The Morgan fingerprint density at radius 3 is 2.52 bits per heavy atom. The van der Waals surface area contributed by atoms with Gasteiger partial charge in [-0.15, -0.1) is 0 Å². The minimum Gasteiger partial charge on any atom is -0.497 e. The van der Waals surface area contributed by atoms with Crippen molar-refractivity contribution in [1.82, 2.24) is 20.0 Å². The van der Waals surface area contributed by atoms with E-state index in [2.05, 4.69) is 15.3 Å². The van der Waals surface area contributed by atoms with E-state index in [0.717, 1.165) is 44.2 Å². The summed E-state index contributed by atoms with van der Waals surface area (Å²) in [5.74, 6) is 0.162. The lowest BCUT2D eigenvalue weighted by molar-refractivity contribution is 0.0383. The van der Waals surface area contributed by atoms with Crippen molar-refractivity contribution < 1.29 is 18.7 Å². The number of benzene rings is 2. The van der Waals surface area contributed by atoms with E-state index in [4.69, 9.17) is 9.47 Å². The summed E-state index contributed by atoms with van der Waals surface area (Å²) in [6, 6.07) is 15.1.